The van der Waals surface area contributed by atoms with Gasteiger partial charge < -0.3 is 10.8 Å². The molecule has 1 unspecified atom stereocenters. The van der Waals surface area contributed by atoms with Crippen molar-refractivity contribution in [2.45, 2.75) is 17.4 Å². The van der Waals surface area contributed by atoms with Crippen LogP contribution in [0.1, 0.15) is 6.92 Å². The summed E-state index contributed by atoms with van der Waals surface area (Å²) >= 11 is 0. The third-order valence-electron chi connectivity index (χ3n) is 2.17. The first kappa shape index (κ1) is 13.6. The molecule has 1 amide bonds. The lowest BCUT2D eigenvalue weighted by Crippen LogP contribution is -2.46. The van der Waals surface area contributed by atoms with Crippen molar-refractivity contribution in [3.8, 4) is 0 Å². The van der Waals surface area contributed by atoms with Crippen LogP contribution in [0.3, 0.4) is 0 Å². The van der Waals surface area contributed by atoms with E-state index in [4.69, 9.17) is 5.73 Å². The predicted octanol–water partition coefficient (Wildman–Crippen LogP) is -0.164. The summed E-state index contributed by atoms with van der Waals surface area (Å²) in [6.45, 7) is 1.01. The standard InChI is InChI=1S/C10H12FNO4S/c1-10(14,9(12)13)6-17(15,16)8-4-2-7(11)3-5-8/h2-5,14H,6H2,1H3,(H2,12,13). The number of benzene rings is 1. The van der Waals surface area contributed by atoms with Gasteiger partial charge in [-0.25, -0.2) is 12.8 Å². The number of primary amides is 1. The summed E-state index contributed by atoms with van der Waals surface area (Å²) in [5.74, 6) is -2.56. The summed E-state index contributed by atoms with van der Waals surface area (Å²) < 4.78 is 36.2. The van der Waals surface area contributed by atoms with E-state index in [2.05, 4.69) is 0 Å². The second-order valence-corrected chi connectivity index (χ2v) is 5.84. The first-order valence-corrected chi connectivity index (χ1v) is 6.31. The Morgan fingerprint density at radius 3 is 2.29 bits per heavy atom. The Morgan fingerprint density at radius 2 is 1.88 bits per heavy atom. The third kappa shape index (κ3) is 3.24. The third-order valence-corrected chi connectivity index (χ3v) is 4.11. The van der Waals surface area contributed by atoms with Crippen molar-refractivity contribution in [3.63, 3.8) is 0 Å². The quantitative estimate of drug-likeness (QED) is 0.736. The molecule has 0 aliphatic carbocycles. The number of rotatable bonds is 4. The fourth-order valence-electron chi connectivity index (χ4n) is 1.17. The molecule has 0 saturated heterocycles. The number of hydrogen-bond acceptors (Lipinski definition) is 4. The lowest BCUT2D eigenvalue weighted by molar-refractivity contribution is -0.132. The first-order chi connectivity index (χ1) is 7.65. The largest absolute Gasteiger partial charge is 0.379 e. The normalized spacial score (nSPS) is 15.2. The molecule has 3 N–H and O–H groups in total. The smallest absolute Gasteiger partial charge is 0.250 e. The number of halogens is 1. The van der Waals surface area contributed by atoms with E-state index in [0.29, 0.717) is 0 Å². The molecule has 0 bridgehead atoms. The Hall–Kier alpha value is -1.47. The SMILES string of the molecule is CC(O)(CS(=O)(=O)c1ccc(F)cc1)C(N)=O. The van der Waals surface area contributed by atoms with Gasteiger partial charge in [0, 0.05) is 0 Å². The second kappa shape index (κ2) is 4.42. The average molecular weight is 261 g/mol. The Balaban J connectivity index is 3.05. The van der Waals surface area contributed by atoms with Gasteiger partial charge in [-0.3, -0.25) is 4.79 Å². The molecule has 0 saturated carbocycles. The summed E-state index contributed by atoms with van der Waals surface area (Å²) in [7, 11) is -3.90. The minimum absolute atomic E-state index is 0.180. The van der Waals surface area contributed by atoms with Crippen LogP contribution in [0.5, 0.6) is 0 Å². The fraction of sp³-hybridized carbons (Fsp3) is 0.300. The highest BCUT2D eigenvalue weighted by atomic mass is 32.2. The van der Waals surface area contributed by atoms with Crippen LogP contribution in [0, 0.1) is 5.82 Å². The Labute approximate surface area is 98.0 Å². The van der Waals surface area contributed by atoms with E-state index < -0.39 is 32.9 Å². The molecule has 0 fully saturated rings. The molecule has 0 radical (unpaired) electrons. The Bertz CT molecular complexity index is 522. The number of carbonyl (C=O) groups excluding carboxylic acids is 1. The van der Waals surface area contributed by atoms with Crippen molar-refractivity contribution < 1.29 is 22.7 Å². The predicted molar refractivity (Wildman–Crippen MR) is 58.3 cm³/mol. The highest BCUT2D eigenvalue weighted by Gasteiger charge is 2.34. The van der Waals surface area contributed by atoms with Crippen LogP contribution in [0.25, 0.3) is 0 Å². The molecular weight excluding hydrogens is 249 g/mol. The molecule has 0 aliphatic rings. The minimum Gasteiger partial charge on any atom is -0.379 e. The van der Waals surface area contributed by atoms with E-state index in [0.717, 1.165) is 31.2 Å². The number of aliphatic hydroxyl groups is 1. The van der Waals surface area contributed by atoms with Crippen molar-refractivity contribution in [1.82, 2.24) is 0 Å². The Morgan fingerprint density at radius 1 is 1.41 bits per heavy atom. The van der Waals surface area contributed by atoms with Gasteiger partial charge in [-0.1, -0.05) is 0 Å². The summed E-state index contributed by atoms with van der Waals surface area (Å²) in [4.78, 5) is 10.7. The highest BCUT2D eigenvalue weighted by Crippen LogP contribution is 2.16. The first-order valence-electron chi connectivity index (χ1n) is 4.66. The van der Waals surface area contributed by atoms with Crippen LogP contribution >= 0.6 is 0 Å². The van der Waals surface area contributed by atoms with Crippen LogP contribution in [0.2, 0.25) is 0 Å². The summed E-state index contributed by atoms with van der Waals surface area (Å²) in [6.07, 6.45) is 0. The van der Waals surface area contributed by atoms with Crippen LogP contribution in [0.4, 0.5) is 4.39 Å². The van der Waals surface area contributed by atoms with Crippen LogP contribution in [0.15, 0.2) is 29.2 Å². The molecule has 5 nitrogen and oxygen atoms in total. The van der Waals surface area contributed by atoms with Crippen molar-refractivity contribution in [1.29, 1.82) is 0 Å². The molecule has 94 valence electrons. The van der Waals surface area contributed by atoms with Crippen molar-refractivity contribution in [2.24, 2.45) is 5.73 Å². The lowest BCUT2D eigenvalue weighted by Gasteiger charge is -2.18. The molecule has 1 rings (SSSR count). The maximum atomic E-state index is 12.6. The molecule has 0 aromatic heterocycles. The lowest BCUT2D eigenvalue weighted by atomic mass is 10.1. The van der Waals surface area contributed by atoms with Crippen LogP contribution in [-0.2, 0) is 14.6 Å². The van der Waals surface area contributed by atoms with Gasteiger partial charge in [0.2, 0.25) is 5.91 Å². The van der Waals surface area contributed by atoms with Crippen molar-refractivity contribution in [2.75, 3.05) is 5.75 Å². The van der Waals surface area contributed by atoms with Gasteiger partial charge in [0.25, 0.3) is 0 Å². The molecule has 0 heterocycles. The fourth-order valence-corrected chi connectivity index (χ4v) is 2.77. The average Bonchev–Trinajstić information content (AvgIpc) is 2.16. The van der Waals surface area contributed by atoms with Gasteiger partial charge in [-0.15, -0.1) is 0 Å². The molecule has 1 aromatic rings. The molecule has 17 heavy (non-hydrogen) atoms. The number of hydrogen-bond donors (Lipinski definition) is 2. The van der Waals surface area contributed by atoms with Crippen molar-refractivity contribution in [3.05, 3.63) is 30.1 Å². The molecule has 0 aliphatic heterocycles. The zero-order valence-corrected chi connectivity index (χ0v) is 9.87. The maximum Gasteiger partial charge on any atom is 0.250 e. The number of amides is 1. The van der Waals surface area contributed by atoms with Gasteiger partial charge in [-0.2, -0.15) is 0 Å². The Kier molecular flexibility index (Phi) is 3.53. The summed E-state index contributed by atoms with van der Waals surface area (Å²) in [5, 5.41) is 9.52. The van der Waals surface area contributed by atoms with Crippen molar-refractivity contribution >= 4 is 15.7 Å². The van der Waals surface area contributed by atoms with Gasteiger partial charge in [0.1, 0.15) is 5.82 Å². The van der Waals surface area contributed by atoms with Gasteiger partial charge >= 0.3 is 0 Å². The number of sulfone groups is 1. The van der Waals surface area contributed by atoms with E-state index in [9.17, 15) is 22.7 Å². The molecule has 1 atom stereocenters. The van der Waals surface area contributed by atoms with Gasteiger partial charge in [0.15, 0.2) is 15.4 Å². The monoisotopic (exact) mass is 261 g/mol. The topological polar surface area (TPSA) is 97.5 Å². The zero-order chi connectivity index (χ0) is 13.3. The van der Waals surface area contributed by atoms with Crippen LogP contribution < -0.4 is 5.73 Å². The molecule has 0 spiro atoms. The van der Waals surface area contributed by atoms with Crippen LogP contribution in [-0.4, -0.2) is 30.8 Å². The number of nitrogens with two attached hydrogens (primary N) is 1. The molecule has 1 aromatic carbocycles. The zero-order valence-electron chi connectivity index (χ0n) is 9.05. The van der Waals surface area contributed by atoms with E-state index >= 15 is 0 Å². The van der Waals surface area contributed by atoms with E-state index in [1.165, 1.54) is 0 Å². The highest BCUT2D eigenvalue weighted by molar-refractivity contribution is 7.91. The van der Waals surface area contributed by atoms with E-state index in [1.807, 2.05) is 0 Å². The molecular formula is C10H12FNO4S. The summed E-state index contributed by atoms with van der Waals surface area (Å²) in [5.41, 5.74) is 2.71. The number of carbonyl (C=O) groups is 1. The molecule has 7 heteroatoms. The van der Waals surface area contributed by atoms with Gasteiger partial charge in [-0.05, 0) is 31.2 Å². The summed E-state index contributed by atoms with van der Waals surface area (Å²) in [6, 6.07) is 4.07. The van der Waals surface area contributed by atoms with E-state index in [-0.39, 0.29) is 4.90 Å². The van der Waals surface area contributed by atoms with Gasteiger partial charge in [0.05, 0.1) is 10.6 Å². The minimum atomic E-state index is -3.90. The maximum absolute atomic E-state index is 12.6. The van der Waals surface area contributed by atoms with E-state index in [1.54, 1.807) is 0 Å². The second-order valence-electron chi connectivity index (χ2n) is 3.85.